The molecule has 1 aromatic carbocycles. The van der Waals surface area contributed by atoms with Gasteiger partial charge in [-0.05, 0) is 39.2 Å². The van der Waals surface area contributed by atoms with Crippen LogP contribution in [0, 0.1) is 0 Å². The summed E-state index contributed by atoms with van der Waals surface area (Å²) in [5, 5.41) is 4.09. The molecule has 0 aliphatic carbocycles. The van der Waals surface area contributed by atoms with Gasteiger partial charge in [-0.1, -0.05) is 12.1 Å². The van der Waals surface area contributed by atoms with Gasteiger partial charge in [0.2, 0.25) is 5.95 Å². The second-order valence-electron chi connectivity index (χ2n) is 7.02. The first-order valence-electron chi connectivity index (χ1n) is 8.17. The average molecular weight is 329 g/mol. The lowest BCUT2D eigenvalue weighted by atomic mass is 9.78. The summed E-state index contributed by atoms with van der Waals surface area (Å²) in [6.07, 6.45) is 1.81. The zero-order valence-corrected chi connectivity index (χ0v) is 14.9. The molecule has 0 radical (unpaired) electrons. The van der Waals surface area contributed by atoms with Gasteiger partial charge in [0.15, 0.2) is 0 Å². The molecule has 0 saturated carbocycles. The van der Waals surface area contributed by atoms with E-state index in [0.29, 0.717) is 19.1 Å². The number of nitrogens with one attached hydrogen (secondary N) is 1. The van der Waals surface area contributed by atoms with Crippen LogP contribution in [0.25, 0.3) is 10.9 Å². The molecule has 1 aliphatic rings. The summed E-state index contributed by atoms with van der Waals surface area (Å²) in [4.78, 5) is 8.86. The third-order valence-electron chi connectivity index (χ3n) is 4.72. The van der Waals surface area contributed by atoms with Crippen LogP contribution in [0.15, 0.2) is 24.4 Å². The Morgan fingerprint density at radius 3 is 2.54 bits per heavy atom. The third kappa shape index (κ3) is 3.24. The number of methoxy groups -OCH3 is 1. The fourth-order valence-corrected chi connectivity index (χ4v) is 2.53. The van der Waals surface area contributed by atoms with Gasteiger partial charge in [-0.2, -0.15) is 0 Å². The van der Waals surface area contributed by atoms with Crippen molar-refractivity contribution < 1.29 is 14.0 Å². The number of aromatic nitrogens is 2. The third-order valence-corrected chi connectivity index (χ3v) is 4.72. The first kappa shape index (κ1) is 17.1. The Morgan fingerprint density at radius 1 is 1.17 bits per heavy atom. The van der Waals surface area contributed by atoms with E-state index < -0.39 is 0 Å². The fourth-order valence-electron chi connectivity index (χ4n) is 2.53. The molecule has 3 rings (SSSR count). The topological polar surface area (TPSA) is 65.5 Å². The maximum absolute atomic E-state index is 6.10. The number of ether oxygens (including phenoxy) is 1. The number of hydrogen-bond acceptors (Lipinski definition) is 6. The van der Waals surface area contributed by atoms with E-state index in [-0.39, 0.29) is 18.3 Å². The van der Waals surface area contributed by atoms with Crippen LogP contribution in [0.2, 0.25) is 0 Å². The number of anilines is 1. The number of rotatable bonds is 5. The zero-order valence-electron chi connectivity index (χ0n) is 14.9. The smallest absolute Gasteiger partial charge is 0.399 e. The predicted molar refractivity (Wildman–Crippen MR) is 95.6 cm³/mol. The van der Waals surface area contributed by atoms with Crippen LogP contribution in [-0.4, -0.2) is 48.5 Å². The number of hydrogen-bond donors (Lipinski definition) is 1. The Hall–Kier alpha value is -1.70. The zero-order chi connectivity index (χ0) is 17.4. The van der Waals surface area contributed by atoms with Crippen LogP contribution < -0.4 is 10.8 Å². The Morgan fingerprint density at radius 2 is 1.88 bits per heavy atom. The number of benzene rings is 1. The second-order valence-corrected chi connectivity index (χ2v) is 7.02. The molecular weight excluding hydrogens is 305 g/mol. The molecule has 2 heterocycles. The van der Waals surface area contributed by atoms with Crippen LogP contribution in [-0.2, 0) is 14.0 Å². The summed E-state index contributed by atoms with van der Waals surface area (Å²) in [5.74, 6) is 0.600. The minimum absolute atomic E-state index is 0.349. The van der Waals surface area contributed by atoms with E-state index in [1.165, 1.54) is 0 Å². The van der Waals surface area contributed by atoms with Crippen molar-refractivity contribution in [3.63, 3.8) is 0 Å². The van der Waals surface area contributed by atoms with E-state index in [9.17, 15) is 0 Å². The van der Waals surface area contributed by atoms with Gasteiger partial charge in [0, 0.05) is 25.2 Å². The second kappa shape index (κ2) is 6.31. The summed E-state index contributed by atoms with van der Waals surface area (Å²) in [6, 6.07) is 5.99. The molecule has 1 aliphatic heterocycles. The molecule has 6 nitrogen and oxygen atoms in total. The Bertz CT molecular complexity index is 720. The van der Waals surface area contributed by atoms with Crippen molar-refractivity contribution >= 4 is 29.4 Å². The molecule has 2 aromatic rings. The predicted octanol–water partition coefficient (Wildman–Crippen LogP) is 1.99. The lowest BCUT2D eigenvalue weighted by molar-refractivity contribution is 0.00578. The Kier molecular flexibility index (Phi) is 4.51. The molecule has 1 aromatic heterocycles. The van der Waals surface area contributed by atoms with Gasteiger partial charge < -0.3 is 19.4 Å². The number of nitrogens with zero attached hydrogens (tertiary/aromatic N) is 2. The summed E-state index contributed by atoms with van der Waals surface area (Å²) in [5.41, 5.74) is 1.16. The standard InChI is InChI=1S/C17H24BN3O3/c1-16(2)17(3,4)24-18(23-16)13-6-7-14-12(10-13)11-20-15(21-14)19-8-9-22-5/h6-7,10-11H,8-9H2,1-5H3,(H,19,20,21). The molecule has 0 atom stereocenters. The maximum atomic E-state index is 6.10. The highest BCUT2D eigenvalue weighted by Gasteiger charge is 2.51. The molecule has 7 heteroatoms. The van der Waals surface area contributed by atoms with E-state index >= 15 is 0 Å². The molecule has 0 bridgehead atoms. The van der Waals surface area contributed by atoms with Gasteiger partial charge in [-0.3, -0.25) is 0 Å². The molecule has 128 valence electrons. The van der Waals surface area contributed by atoms with E-state index in [1.807, 2.05) is 24.4 Å². The minimum atomic E-state index is -0.376. The van der Waals surface area contributed by atoms with Crippen molar-refractivity contribution in [3.05, 3.63) is 24.4 Å². The quantitative estimate of drug-likeness (QED) is 0.668. The van der Waals surface area contributed by atoms with E-state index in [1.54, 1.807) is 7.11 Å². The molecule has 0 unspecified atom stereocenters. The molecule has 0 amide bonds. The van der Waals surface area contributed by atoms with Crippen molar-refractivity contribution in [1.29, 1.82) is 0 Å². The molecule has 24 heavy (non-hydrogen) atoms. The lowest BCUT2D eigenvalue weighted by Gasteiger charge is -2.32. The van der Waals surface area contributed by atoms with Gasteiger partial charge >= 0.3 is 7.12 Å². The first-order chi connectivity index (χ1) is 11.3. The van der Waals surface area contributed by atoms with Gasteiger partial charge in [-0.25, -0.2) is 9.97 Å². The molecular formula is C17H24BN3O3. The van der Waals surface area contributed by atoms with Crippen molar-refractivity contribution in [2.75, 3.05) is 25.6 Å². The average Bonchev–Trinajstić information content (AvgIpc) is 2.75. The normalized spacial score (nSPS) is 19.0. The summed E-state index contributed by atoms with van der Waals surface area (Å²) >= 11 is 0. The summed E-state index contributed by atoms with van der Waals surface area (Å²) in [6.45, 7) is 9.49. The minimum Gasteiger partial charge on any atom is -0.399 e. The number of fused-ring (bicyclic) bond motifs is 1. The highest BCUT2D eigenvalue weighted by atomic mass is 16.7. The van der Waals surface area contributed by atoms with Crippen molar-refractivity contribution in [2.45, 2.75) is 38.9 Å². The van der Waals surface area contributed by atoms with Gasteiger partial charge in [0.05, 0.1) is 23.3 Å². The van der Waals surface area contributed by atoms with Crippen molar-refractivity contribution in [2.24, 2.45) is 0 Å². The van der Waals surface area contributed by atoms with Crippen LogP contribution >= 0.6 is 0 Å². The SMILES string of the molecule is COCCNc1ncc2cc(B3OC(C)(C)C(C)(C)O3)ccc2n1. The highest BCUT2D eigenvalue weighted by Crippen LogP contribution is 2.36. The molecule has 0 spiro atoms. The Balaban J connectivity index is 1.81. The van der Waals surface area contributed by atoms with Gasteiger partial charge in [0.1, 0.15) is 0 Å². The Labute approximate surface area is 143 Å². The summed E-state index contributed by atoms with van der Waals surface area (Å²) in [7, 11) is 1.29. The van der Waals surface area contributed by atoms with Crippen LogP contribution in [0.4, 0.5) is 5.95 Å². The molecule has 1 fully saturated rings. The highest BCUT2D eigenvalue weighted by molar-refractivity contribution is 6.62. The molecule has 1 saturated heterocycles. The van der Waals surface area contributed by atoms with E-state index in [2.05, 4.69) is 43.0 Å². The fraction of sp³-hybridized carbons (Fsp3) is 0.529. The van der Waals surface area contributed by atoms with Gasteiger partial charge in [-0.15, -0.1) is 0 Å². The summed E-state index contributed by atoms with van der Waals surface area (Å²) < 4.78 is 17.2. The van der Waals surface area contributed by atoms with Crippen molar-refractivity contribution in [3.8, 4) is 0 Å². The van der Waals surface area contributed by atoms with Crippen molar-refractivity contribution in [1.82, 2.24) is 9.97 Å². The van der Waals surface area contributed by atoms with Gasteiger partial charge in [0.25, 0.3) is 0 Å². The maximum Gasteiger partial charge on any atom is 0.494 e. The lowest BCUT2D eigenvalue weighted by Crippen LogP contribution is -2.41. The van der Waals surface area contributed by atoms with Crippen LogP contribution in [0.1, 0.15) is 27.7 Å². The van der Waals surface area contributed by atoms with E-state index in [4.69, 9.17) is 14.0 Å². The largest absolute Gasteiger partial charge is 0.494 e. The van der Waals surface area contributed by atoms with Crippen LogP contribution in [0.5, 0.6) is 0 Å². The van der Waals surface area contributed by atoms with E-state index in [0.717, 1.165) is 16.4 Å². The van der Waals surface area contributed by atoms with Crippen LogP contribution in [0.3, 0.4) is 0 Å². The monoisotopic (exact) mass is 329 g/mol. The first-order valence-corrected chi connectivity index (χ1v) is 8.17. The molecule has 1 N–H and O–H groups in total.